The molecule has 0 unspecified atom stereocenters. The number of amides is 3. The topological polar surface area (TPSA) is 87.7 Å². The molecule has 0 saturated heterocycles. The highest BCUT2D eigenvalue weighted by molar-refractivity contribution is 9.11. The van der Waals surface area contributed by atoms with Crippen LogP contribution in [0.3, 0.4) is 0 Å². The summed E-state index contributed by atoms with van der Waals surface area (Å²) in [7, 11) is 1.47. The molecule has 3 aromatic carbocycles. The maximum atomic E-state index is 12.7. The highest BCUT2D eigenvalue weighted by atomic mass is 79.9. The first-order chi connectivity index (χ1) is 15.8. The fourth-order valence-corrected chi connectivity index (χ4v) is 4.98. The highest BCUT2D eigenvalue weighted by Gasteiger charge is 2.36. The van der Waals surface area contributed by atoms with E-state index in [1.165, 1.54) is 7.11 Å². The van der Waals surface area contributed by atoms with Crippen molar-refractivity contribution in [2.24, 2.45) is 0 Å². The standard InChI is InChI=1S/C23H15Br2N3O4S/c1-32-19-17(10-12(24)11-18(19)25)20(29)27-23(33)26-13-6-8-14(9-7-13)28-21(30)15-4-2-3-5-16(15)22(28)31/h2-11H,1H3,(H2,26,27,29,33). The summed E-state index contributed by atoms with van der Waals surface area (Å²) in [5.41, 5.74) is 2.06. The van der Waals surface area contributed by atoms with Crippen LogP contribution in [-0.4, -0.2) is 29.9 Å². The minimum Gasteiger partial charge on any atom is -0.495 e. The minimum atomic E-state index is -0.450. The Morgan fingerprint density at radius 3 is 2.15 bits per heavy atom. The second-order valence-electron chi connectivity index (χ2n) is 6.91. The van der Waals surface area contributed by atoms with Gasteiger partial charge in [-0.05, 0) is 76.7 Å². The fourth-order valence-electron chi connectivity index (χ4n) is 3.39. The number of anilines is 2. The molecule has 1 aliphatic heterocycles. The van der Waals surface area contributed by atoms with E-state index in [1.807, 2.05) is 0 Å². The number of ether oxygens (including phenoxy) is 1. The Kier molecular flexibility index (Phi) is 6.59. The summed E-state index contributed by atoms with van der Waals surface area (Å²) >= 11 is 12.0. The molecule has 1 aliphatic rings. The van der Waals surface area contributed by atoms with Crippen molar-refractivity contribution in [3.05, 3.63) is 86.3 Å². The SMILES string of the molecule is COc1c(Br)cc(Br)cc1C(=O)NC(=S)Nc1ccc(N2C(=O)c3ccccc3C2=O)cc1. The Bertz CT molecular complexity index is 1280. The summed E-state index contributed by atoms with van der Waals surface area (Å²) in [5.74, 6) is -0.806. The van der Waals surface area contributed by atoms with Crippen LogP contribution in [0.5, 0.6) is 5.75 Å². The number of imide groups is 1. The second kappa shape index (κ2) is 9.42. The Morgan fingerprint density at radius 2 is 1.58 bits per heavy atom. The Labute approximate surface area is 211 Å². The van der Waals surface area contributed by atoms with Crippen molar-refractivity contribution >= 4 is 78.3 Å². The summed E-state index contributed by atoms with van der Waals surface area (Å²) < 4.78 is 6.62. The Morgan fingerprint density at radius 1 is 0.970 bits per heavy atom. The van der Waals surface area contributed by atoms with Crippen molar-refractivity contribution in [1.29, 1.82) is 0 Å². The second-order valence-corrected chi connectivity index (χ2v) is 9.09. The molecule has 0 saturated carbocycles. The lowest BCUT2D eigenvalue weighted by Crippen LogP contribution is -2.34. The van der Waals surface area contributed by atoms with Gasteiger partial charge in [0, 0.05) is 10.2 Å². The largest absolute Gasteiger partial charge is 0.495 e. The molecule has 0 radical (unpaired) electrons. The van der Waals surface area contributed by atoms with Crippen LogP contribution in [0.15, 0.2) is 69.6 Å². The summed E-state index contributed by atoms with van der Waals surface area (Å²) in [6.45, 7) is 0. The molecule has 1 heterocycles. The van der Waals surface area contributed by atoms with Gasteiger partial charge in [0.2, 0.25) is 0 Å². The van der Waals surface area contributed by atoms with Crippen molar-refractivity contribution in [3.8, 4) is 5.75 Å². The minimum absolute atomic E-state index is 0.0756. The van der Waals surface area contributed by atoms with Crippen LogP contribution in [0.1, 0.15) is 31.1 Å². The molecule has 4 rings (SSSR count). The van der Waals surface area contributed by atoms with Crippen molar-refractivity contribution in [2.75, 3.05) is 17.3 Å². The van der Waals surface area contributed by atoms with Gasteiger partial charge in [-0.15, -0.1) is 0 Å². The number of halogens is 2. The Balaban J connectivity index is 1.45. The third-order valence-electron chi connectivity index (χ3n) is 4.86. The molecule has 0 atom stereocenters. The van der Waals surface area contributed by atoms with Crippen LogP contribution in [0.4, 0.5) is 11.4 Å². The van der Waals surface area contributed by atoms with Gasteiger partial charge in [0.1, 0.15) is 5.75 Å². The number of thiocarbonyl (C=S) groups is 1. The number of hydrogen-bond acceptors (Lipinski definition) is 5. The van der Waals surface area contributed by atoms with Crippen molar-refractivity contribution in [2.45, 2.75) is 0 Å². The first-order valence-electron chi connectivity index (χ1n) is 9.53. The highest BCUT2D eigenvalue weighted by Crippen LogP contribution is 2.33. The molecule has 3 aromatic rings. The summed E-state index contributed by atoms with van der Waals surface area (Å²) in [6, 6.07) is 16.7. The van der Waals surface area contributed by atoms with E-state index in [-0.39, 0.29) is 16.9 Å². The molecular weight excluding hydrogens is 574 g/mol. The predicted molar refractivity (Wildman–Crippen MR) is 136 cm³/mol. The van der Waals surface area contributed by atoms with Crippen molar-refractivity contribution in [1.82, 2.24) is 5.32 Å². The van der Waals surface area contributed by atoms with E-state index in [2.05, 4.69) is 42.5 Å². The maximum absolute atomic E-state index is 12.7. The van der Waals surface area contributed by atoms with Crippen LogP contribution >= 0.6 is 44.1 Å². The molecule has 0 aromatic heterocycles. The van der Waals surface area contributed by atoms with Gasteiger partial charge in [0.05, 0.1) is 34.0 Å². The monoisotopic (exact) mass is 587 g/mol. The van der Waals surface area contributed by atoms with Crippen LogP contribution < -0.4 is 20.3 Å². The lowest BCUT2D eigenvalue weighted by atomic mass is 10.1. The lowest BCUT2D eigenvalue weighted by Gasteiger charge is -2.16. The van der Waals surface area contributed by atoms with Crippen molar-refractivity contribution < 1.29 is 19.1 Å². The third-order valence-corrected chi connectivity index (χ3v) is 6.11. The Hall–Kier alpha value is -3.08. The smallest absolute Gasteiger partial charge is 0.266 e. The molecule has 33 heavy (non-hydrogen) atoms. The van der Waals surface area contributed by atoms with Crippen LogP contribution in [0, 0.1) is 0 Å². The van der Waals surface area contributed by atoms with Crippen molar-refractivity contribution in [3.63, 3.8) is 0 Å². The zero-order chi connectivity index (χ0) is 23.7. The van der Waals surface area contributed by atoms with Gasteiger partial charge >= 0.3 is 0 Å². The van der Waals surface area contributed by atoms with E-state index >= 15 is 0 Å². The third kappa shape index (κ3) is 4.54. The van der Waals surface area contributed by atoms with Gasteiger partial charge in [0.25, 0.3) is 17.7 Å². The van der Waals surface area contributed by atoms with Gasteiger partial charge < -0.3 is 10.1 Å². The van der Waals surface area contributed by atoms with Crippen LogP contribution in [0.2, 0.25) is 0 Å². The molecule has 2 N–H and O–H groups in total. The van der Waals surface area contributed by atoms with E-state index in [4.69, 9.17) is 17.0 Å². The van der Waals surface area contributed by atoms with E-state index in [9.17, 15) is 14.4 Å². The summed E-state index contributed by atoms with van der Waals surface area (Å²) in [6.07, 6.45) is 0. The first kappa shape index (κ1) is 23.1. The number of carbonyl (C=O) groups excluding carboxylic acids is 3. The molecule has 0 fully saturated rings. The number of rotatable bonds is 4. The number of nitrogens with one attached hydrogen (secondary N) is 2. The molecule has 0 spiro atoms. The molecule has 0 aliphatic carbocycles. The maximum Gasteiger partial charge on any atom is 0.266 e. The number of fused-ring (bicyclic) bond motifs is 1. The zero-order valence-corrected chi connectivity index (χ0v) is 21.0. The normalized spacial score (nSPS) is 12.4. The number of carbonyl (C=O) groups is 3. The predicted octanol–water partition coefficient (Wildman–Crippen LogP) is 5.15. The van der Waals surface area contributed by atoms with Gasteiger partial charge in [-0.25, -0.2) is 4.90 Å². The molecular formula is C23H15Br2N3O4S. The number of nitrogens with zero attached hydrogens (tertiary/aromatic N) is 1. The van der Waals surface area contributed by atoms with Crippen LogP contribution in [0.25, 0.3) is 0 Å². The molecule has 7 nitrogen and oxygen atoms in total. The summed E-state index contributed by atoms with van der Waals surface area (Å²) in [5, 5.41) is 5.60. The number of methoxy groups -OCH3 is 1. The summed E-state index contributed by atoms with van der Waals surface area (Å²) in [4.78, 5) is 39.1. The van der Waals surface area contributed by atoms with Gasteiger partial charge in [-0.3, -0.25) is 19.7 Å². The molecule has 0 bridgehead atoms. The number of hydrogen-bond donors (Lipinski definition) is 2. The van der Waals surface area contributed by atoms with Crippen LogP contribution in [-0.2, 0) is 0 Å². The lowest BCUT2D eigenvalue weighted by molar-refractivity contribution is 0.0923. The van der Waals surface area contributed by atoms with E-state index in [0.29, 0.717) is 42.8 Å². The average molecular weight is 589 g/mol. The van der Waals surface area contributed by atoms with E-state index in [1.54, 1.807) is 60.7 Å². The first-order valence-corrected chi connectivity index (χ1v) is 11.5. The van der Waals surface area contributed by atoms with Gasteiger partial charge in [0.15, 0.2) is 5.11 Å². The zero-order valence-electron chi connectivity index (χ0n) is 17.0. The van der Waals surface area contributed by atoms with Gasteiger partial charge in [-0.2, -0.15) is 0 Å². The molecule has 3 amide bonds. The fraction of sp³-hybridized carbons (Fsp3) is 0.0435. The molecule has 166 valence electrons. The molecule has 10 heteroatoms. The van der Waals surface area contributed by atoms with Gasteiger partial charge in [-0.1, -0.05) is 28.1 Å². The number of benzene rings is 3. The average Bonchev–Trinajstić information content (AvgIpc) is 3.04. The van der Waals surface area contributed by atoms with E-state index in [0.717, 1.165) is 4.90 Å². The van der Waals surface area contributed by atoms with E-state index < -0.39 is 5.91 Å². The quantitative estimate of drug-likeness (QED) is 0.324.